The molecule has 3 aromatic heterocycles. The van der Waals surface area contributed by atoms with Crippen LogP contribution in [-0.4, -0.2) is 39.2 Å². The molecule has 0 aliphatic rings. The average Bonchev–Trinajstić information content (AvgIpc) is 3.61. The molecule has 0 fully saturated rings. The Bertz CT molecular complexity index is 1440. The minimum Gasteiger partial charge on any atom is -0.497 e. The summed E-state index contributed by atoms with van der Waals surface area (Å²) in [5, 5.41) is 6.86. The van der Waals surface area contributed by atoms with Crippen LogP contribution in [0, 0.1) is 0 Å². The Balaban J connectivity index is 1.60. The number of benzene rings is 2. The summed E-state index contributed by atoms with van der Waals surface area (Å²) in [6.07, 6.45) is 0.517. The number of ether oxygens (including phenoxy) is 3. The van der Waals surface area contributed by atoms with Gasteiger partial charge in [0.1, 0.15) is 28.2 Å². The van der Waals surface area contributed by atoms with Gasteiger partial charge in [-0.2, -0.15) is 13.8 Å². The first kappa shape index (κ1) is 22.1. The van der Waals surface area contributed by atoms with E-state index in [1.165, 1.54) is 11.7 Å². The molecule has 5 rings (SSSR count). The fourth-order valence-corrected chi connectivity index (χ4v) is 5.08. The van der Waals surface area contributed by atoms with Gasteiger partial charge in [0.2, 0.25) is 5.88 Å². The van der Waals surface area contributed by atoms with E-state index in [9.17, 15) is 4.79 Å². The Labute approximate surface area is 203 Å². The molecule has 0 aliphatic carbocycles. The summed E-state index contributed by atoms with van der Waals surface area (Å²) < 4.78 is 26.7. The molecule has 8 nitrogen and oxygen atoms in total. The second kappa shape index (κ2) is 9.62. The van der Waals surface area contributed by atoms with Crippen LogP contribution in [0.25, 0.3) is 21.6 Å². The smallest absolute Gasteiger partial charge is 0.299 e. The second-order valence-corrected chi connectivity index (χ2v) is 8.90. The highest BCUT2D eigenvalue weighted by Crippen LogP contribution is 2.36. The fraction of sp³-hybridized carbons (Fsp3) is 0.167. The lowest BCUT2D eigenvalue weighted by atomic mass is 10.0. The Morgan fingerprint density at radius 3 is 2.68 bits per heavy atom. The van der Waals surface area contributed by atoms with Gasteiger partial charge in [-0.1, -0.05) is 12.1 Å². The zero-order valence-corrected chi connectivity index (χ0v) is 20.1. The van der Waals surface area contributed by atoms with Gasteiger partial charge in [-0.05, 0) is 41.3 Å². The third-order valence-corrected chi connectivity index (χ3v) is 6.86. The Morgan fingerprint density at radius 2 is 1.91 bits per heavy atom. The highest BCUT2D eigenvalue weighted by atomic mass is 32.1. The van der Waals surface area contributed by atoms with E-state index in [1.807, 2.05) is 53.9 Å². The quantitative estimate of drug-likeness (QED) is 0.273. The van der Waals surface area contributed by atoms with Gasteiger partial charge in [0.25, 0.3) is 6.47 Å². The first-order chi connectivity index (χ1) is 16.7. The molecule has 0 amide bonds. The minimum absolute atomic E-state index is 0.351. The van der Waals surface area contributed by atoms with E-state index in [1.54, 1.807) is 30.2 Å². The van der Waals surface area contributed by atoms with Gasteiger partial charge in [-0.3, -0.25) is 4.79 Å². The molecule has 0 radical (unpaired) electrons. The lowest BCUT2D eigenvalue weighted by molar-refractivity contribution is -0.121. The molecule has 0 N–H and O–H groups in total. The number of aromatic nitrogens is 4. The van der Waals surface area contributed by atoms with Crippen molar-refractivity contribution in [2.45, 2.75) is 13.0 Å². The van der Waals surface area contributed by atoms with Crippen molar-refractivity contribution in [1.29, 1.82) is 0 Å². The summed E-state index contributed by atoms with van der Waals surface area (Å²) >= 11 is 2.77. The number of thiophene rings is 1. The molecule has 0 saturated heterocycles. The molecule has 0 bridgehead atoms. The number of hydrogen-bond donors (Lipinski definition) is 0. The predicted molar refractivity (Wildman–Crippen MR) is 131 cm³/mol. The number of methoxy groups -OCH3 is 2. The van der Waals surface area contributed by atoms with Crippen LogP contribution in [0.4, 0.5) is 0 Å². The first-order valence-corrected chi connectivity index (χ1v) is 12.0. The predicted octanol–water partition coefficient (Wildman–Crippen LogP) is 4.81. The van der Waals surface area contributed by atoms with Crippen LogP contribution in [-0.2, 0) is 17.8 Å². The number of carbonyl (C=O) groups excluding carboxylic acids is 1. The molecular formula is C24H20N4O4S2. The van der Waals surface area contributed by atoms with E-state index in [0.717, 1.165) is 38.3 Å². The zero-order chi connectivity index (χ0) is 23.5. The lowest BCUT2D eigenvalue weighted by Gasteiger charge is -2.12. The Morgan fingerprint density at radius 1 is 1.03 bits per heavy atom. The van der Waals surface area contributed by atoms with Crippen molar-refractivity contribution in [2.24, 2.45) is 0 Å². The summed E-state index contributed by atoms with van der Waals surface area (Å²) in [6, 6.07) is 15.5. The maximum atomic E-state index is 11.5. The van der Waals surface area contributed by atoms with Gasteiger partial charge in [-0.25, -0.2) is 4.68 Å². The van der Waals surface area contributed by atoms with E-state index < -0.39 is 0 Å². The third kappa shape index (κ3) is 4.25. The van der Waals surface area contributed by atoms with Crippen LogP contribution in [0.15, 0.2) is 53.9 Å². The molecule has 10 heteroatoms. The fourth-order valence-electron chi connectivity index (χ4n) is 3.82. The van der Waals surface area contributed by atoms with Gasteiger partial charge in [0.05, 0.1) is 37.4 Å². The summed E-state index contributed by atoms with van der Waals surface area (Å²) in [5.41, 5.74) is 5.20. The standard InChI is InChI=1S/C24H20N4O4S2/c1-30-17-7-6-16(21(12-17)31-2)13-28-24(32-14-29)18(23(25-28)22-4-3-9-33-22)10-15-5-8-19-20(11-15)27-34-26-19/h3-9,11-12,14H,10,13H2,1-2H3. The summed E-state index contributed by atoms with van der Waals surface area (Å²) in [4.78, 5) is 12.5. The molecule has 0 unspecified atom stereocenters. The molecule has 0 aliphatic heterocycles. The second-order valence-electron chi connectivity index (χ2n) is 7.42. The van der Waals surface area contributed by atoms with Crippen LogP contribution in [0.1, 0.15) is 16.7 Å². The van der Waals surface area contributed by atoms with Crippen LogP contribution in [0.3, 0.4) is 0 Å². The van der Waals surface area contributed by atoms with Gasteiger partial charge >= 0.3 is 0 Å². The molecule has 5 aromatic rings. The Kier molecular flexibility index (Phi) is 6.24. The third-order valence-electron chi connectivity index (χ3n) is 5.43. The molecule has 0 saturated carbocycles. The van der Waals surface area contributed by atoms with Gasteiger partial charge in [0, 0.05) is 23.6 Å². The van der Waals surface area contributed by atoms with Crippen molar-refractivity contribution >= 4 is 40.6 Å². The number of carbonyl (C=O) groups is 1. The molecule has 0 spiro atoms. The van der Waals surface area contributed by atoms with E-state index in [4.69, 9.17) is 19.3 Å². The zero-order valence-electron chi connectivity index (χ0n) is 18.4. The van der Waals surface area contributed by atoms with Gasteiger partial charge < -0.3 is 14.2 Å². The molecule has 2 aromatic carbocycles. The summed E-state index contributed by atoms with van der Waals surface area (Å²) in [6.45, 7) is 0.789. The number of rotatable bonds is 9. The molecule has 172 valence electrons. The molecule has 3 heterocycles. The topological polar surface area (TPSA) is 88.4 Å². The highest BCUT2D eigenvalue weighted by Gasteiger charge is 2.23. The maximum Gasteiger partial charge on any atom is 0.299 e. The van der Waals surface area contributed by atoms with Crippen molar-refractivity contribution in [3.05, 3.63) is 70.6 Å². The van der Waals surface area contributed by atoms with Crippen molar-refractivity contribution < 1.29 is 19.0 Å². The number of fused-ring (bicyclic) bond motifs is 1. The lowest BCUT2D eigenvalue weighted by Crippen LogP contribution is -2.07. The van der Waals surface area contributed by atoms with Crippen LogP contribution in [0.2, 0.25) is 0 Å². The number of nitrogens with zero attached hydrogens (tertiary/aromatic N) is 4. The maximum absolute atomic E-state index is 11.5. The number of hydrogen-bond acceptors (Lipinski definition) is 9. The van der Waals surface area contributed by atoms with Crippen molar-refractivity contribution in [2.75, 3.05) is 14.2 Å². The van der Waals surface area contributed by atoms with Crippen molar-refractivity contribution in [1.82, 2.24) is 18.5 Å². The van der Waals surface area contributed by atoms with Crippen LogP contribution >= 0.6 is 23.1 Å². The molecular weight excluding hydrogens is 472 g/mol. The summed E-state index contributed by atoms with van der Waals surface area (Å²) in [5.74, 6) is 1.75. The minimum atomic E-state index is 0.351. The SMILES string of the molecule is COc1ccc(Cn2nc(-c3cccs3)c(Cc3ccc4nsnc4c3)c2OC=O)c(OC)c1. The van der Waals surface area contributed by atoms with Crippen LogP contribution < -0.4 is 14.2 Å². The molecule has 0 atom stereocenters. The van der Waals surface area contributed by atoms with Crippen molar-refractivity contribution in [3.63, 3.8) is 0 Å². The Hall–Kier alpha value is -3.76. The van der Waals surface area contributed by atoms with Crippen LogP contribution in [0.5, 0.6) is 17.4 Å². The van der Waals surface area contributed by atoms with E-state index in [2.05, 4.69) is 8.75 Å². The normalized spacial score (nSPS) is 11.0. The van der Waals surface area contributed by atoms with Gasteiger partial charge in [0.15, 0.2) is 0 Å². The van der Waals surface area contributed by atoms with E-state index in [-0.39, 0.29) is 0 Å². The highest BCUT2D eigenvalue weighted by molar-refractivity contribution is 7.13. The largest absolute Gasteiger partial charge is 0.497 e. The van der Waals surface area contributed by atoms with Gasteiger partial charge in [-0.15, -0.1) is 11.3 Å². The first-order valence-electron chi connectivity index (χ1n) is 10.4. The summed E-state index contributed by atoms with van der Waals surface area (Å²) in [7, 11) is 3.22. The average molecular weight is 493 g/mol. The van der Waals surface area contributed by atoms with E-state index in [0.29, 0.717) is 36.8 Å². The molecule has 34 heavy (non-hydrogen) atoms. The monoisotopic (exact) mass is 492 g/mol. The van der Waals surface area contributed by atoms with E-state index >= 15 is 0 Å². The van der Waals surface area contributed by atoms with Crippen molar-refractivity contribution in [3.8, 4) is 28.0 Å².